The molecule has 0 aromatic heterocycles. The third-order valence-corrected chi connectivity index (χ3v) is 6.45. The van der Waals surface area contributed by atoms with Crippen LogP contribution < -0.4 is 9.47 Å². The molecule has 1 aliphatic carbocycles. The fourth-order valence-corrected chi connectivity index (χ4v) is 4.83. The van der Waals surface area contributed by atoms with Gasteiger partial charge in [0.15, 0.2) is 11.5 Å². The van der Waals surface area contributed by atoms with Gasteiger partial charge in [-0.1, -0.05) is 42.7 Å². The summed E-state index contributed by atoms with van der Waals surface area (Å²) < 4.78 is 42.3. The van der Waals surface area contributed by atoms with Crippen molar-refractivity contribution in [2.45, 2.75) is 49.5 Å². The van der Waals surface area contributed by atoms with Gasteiger partial charge in [-0.25, -0.2) is 0 Å². The summed E-state index contributed by atoms with van der Waals surface area (Å²) in [6.07, 6.45) is 3.08. The number of rotatable bonds is 6. The second-order valence-corrected chi connectivity index (χ2v) is 8.45. The lowest BCUT2D eigenvalue weighted by Gasteiger charge is -2.32. The summed E-state index contributed by atoms with van der Waals surface area (Å²) in [7, 11) is -0.629. The largest absolute Gasteiger partial charge is 0.493 e. The van der Waals surface area contributed by atoms with Gasteiger partial charge in [-0.15, -0.1) is 0 Å². The third-order valence-electron chi connectivity index (χ3n) is 5.10. The lowest BCUT2D eigenvalue weighted by Crippen LogP contribution is -2.29. The summed E-state index contributed by atoms with van der Waals surface area (Å²) in [6, 6.07) is 12.4. The zero-order chi connectivity index (χ0) is 19.4. The van der Waals surface area contributed by atoms with Crippen LogP contribution in [0.2, 0.25) is 0 Å². The first-order valence-corrected chi connectivity index (χ1v) is 10.6. The van der Waals surface area contributed by atoms with Crippen molar-refractivity contribution in [2.24, 2.45) is 0 Å². The number of ether oxygens (including phenoxy) is 2. The number of hydrogen-bond acceptors (Lipinski definition) is 5. The van der Waals surface area contributed by atoms with E-state index in [9.17, 15) is 8.42 Å². The molecule has 146 valence electrons. The van der Waals surface area contributed by atoms with Crippen molar-refractivity contribution in [1.29, 1.82) is 0 Å². The van der Waals surface area contributed by atoms with Crippen molar-refractivity contribution < 1.29 is 22.1 Å². The smallest absolute Gasteiger partial charge is 0.297 e. The quantitative estimate of drug-likeness (QED) is 0.682. The van der Waals surface area contributed by atoms with Gasteiger partial charge in [0.1, 0.15) is 0 Å². The molecule has 1 fully saturated rings. The van der Waals surface area contributed by atoms with Gasteiger partial charge in [-0.3, -0.25) is 4.18 Å². The van der Waals surface area contributed by atoms with Gasteiger partial charge in [0.05, 0.1) is 25.2 Å². The molecule has 0 unspecified atom stereocenters. The molecule has 1 aliphatic rings. The van der Waals surface area contributed by atoms with Crippen molar-refractivity contribution in [3.05, 3.63) is 53.6 Å². The van der Waals surface area contributed by atoms with E-state index in [1.165, 1.54) is 0 Å². The molecule has 5 nitrogen and oxygen atoms in total. The molecule has 0 saturated heterocycles. The van der Waals surface area contributed by atoms with Crippen LogP contribution in [0.15, 0.2) is 47.4 Å². The van der Waals surface area contributed by atoms with Crippen LogP contribution in [0, 0.1) is 6.92 Å². The Kier molecular flexibility index (Phi) is 6.07. The first-order valence-electron chi connectivity index (χ1n) is 9.17. The number of benzene rings is 2. The molecule has 2 aromatic rings. The van der Waals surface area contributed by atoms with Crippen LogP contribution in [0.25, 0.3) is 0 Å². The van der Waals surface area contributed by atoms with Gasteiger partial charge in [-0.05, 0) is 38.0 Å². The molecule has 0 N–H and O–H groups in total. The van der Waals surface area contributed by atoms with Crippen molar-refractivity contribution in [1.82, 2.24) is 0 Å². The van der Waals surface area contributed by atoms with Gasteiger partial charge >= 0.3 is 0 Å². The van der Waals surface area contributed by atoms with Crippen LogP contribution in [0.3, 0.4) is 0 Å². The van der Waals surface area contributed by atoms with Crippen LogP contribution in [-0.4, -0.2) is 28.7 Å². The normalized spacial score (nSPS) is 20.3. The van der Waals surface area contributed by atoms with E-state index in [1.54, 1.807) is 38.5 Å². The highest BCUT2D eigenvalue weighted by Gasteiger charge is 2.34. The molecular formula is C21H26O5S. The first-order chi connectivity index (χ1) is 13.0. The van der Waals surface area contributed by atoms with Crippen LogP contribution in [0.1, 0.15) is 42.7 Å². The Morgan fingerprint density at radius 1 is 0.926 bits per heavy atom. The summed E-state index contributed by atoms with van der Waals surface area (Å²) in [5.41, 5.74) is 1.94. The predicted octanol–water partition coefficient (Wildman–Crippen LogP) is 4.44. The minimum absolute atomic E-state index is 0.0657. The van der Waals surface area contributed by atoms with E-state index >= 15 is 0 Å². The van der Waals surface area contributed by atoms with Crippen LogP contribution in [0.4, 0.5) is 0 Å². The number of hydrogen-bond donors (Lipinski definition) is 0. The lowest BCUT2D eigenvalue weighted by molar-refractivity contribution is 0.135. The van der Waals surface area contributed by atoms with Gasteiger partial charge in [-0.2, -0.15) is 8.42 Å². The summed E-state index contributed by atoms with van der Waals surface area (Å²) in [5, 5.41) is 0. The predicted molar refractivity (Wildman–Crippen MR) is 104 cm³/mol. The minimum atomic E-state index is -3.82. The van der Waals surface area contributed by atoms with Crippen molar-refractivity contribution in [3.63, 3.8) is 0 Å². The van der Waals surface area contributed by atoms with Crippen molar-refractivity contribution in [2.75, 3.05) is 14.2 Å². The van der Waals surface area contributed by atoms with E-state index < -0.39 is 16.2 Å². The second-order valence-electron chi connectivity index (χ2n) is 6.88. The van der Waals surface area contributed by atoms with Gasteiger partial charge in [0.25, 0.3) is 10.1 Å². The number of methoxy groups -OCH3 is 2. The van der Waals surface area contributed by atoms with Crippen molar-refractivity contribution in [3.8, 4) is 11.5 Å². The molecule has 2 aromatic carbocycles. The molecular weight excluding hydrogens is 364 g/mol. The number of para-hydroxylation sites is 1. The molecule has 0 heterocycles. The van der Waals surface area contributed by atoms with E-state index in [1.807, 2.05) is 25.1 Å². The first kappa shape index (κ1) is 19.7. The van der Waals surface area contributed by atoms with Crippen LogP contribution in [-0.2, 0) is 14.3 Å². The maximum atomic E-state index is 12.8. The highest BCUT2D eigenvalue weighted by atomic mass is 32.2. The molecule has 27 heavy (non-hydrogen) atoms. The Bertz CT molecular complexity index is 874. The lowest BCUT2D eigenvalue weighted by atomic mass is 9.81. The summed E-state index contributed by atoms with van der Waals surface area (Å²) in [4.78, 5) is 0.190. The van der Waals surface area contributed by atoms with Gasteiger partial charge in [0, 0.05) is 11.5 Å². The number of aryl methyl sites for hydroxylation is 1. The van der Waals surface area contributed by atoms with Gasteiger partial charge < -0.3 is 9.47 Å². The van der Waals surface area contributed by atoms with Crippen molar-refractivity contribution >= 4 is 10.1 Å². The van der Waals surface area contributed by atoms with Gasteiger partial charge in [0.2, 0.25) is 0 Å². The Morgan fingerprint density at radius 3 is 2.30 bits per heavy atom. The Hall–Kier alpha value is -2.05. The highest BCUT2D eigenvalue weighted by Crippen LogP contribution is 2.43. The monoisotopic (exact) mass is 390 g/mol. The highest BCUT2D eigenvalue weighted by molar-refractivity contribution is 7.86. The average Bonchev–Trinajstić information content (AvgIpc) is 2.67. The second kappa shape index (κ2) is 8.31. The zero-order valence-corrected chi connectivity index (χ0v) is 16.8. The minimum Gasteiger partial charge on any atom is -0.493 e. The molecule has 0 aliphatic heterocycles. The average molecular weight is 391 g/mol. The molecule has 2 atom stereocenters. The maximum absolute atomic E-state index is 12.8. The fourth-order valence-electron chi connectivity index (χ4n) is 3.69. The van der Waals surface area contributed by atoms with E-state index in [0.717, 1.165) is 30.4 Å². The molecule has 0 amide bonds. The fraction of sp³-hybridized carbons (Fsp3) is 0.429. The van der Waals surface area contributed by atoms with E-state index in [-0.39, 0.29) is 10.8 Å². The Labute approximate surface area is 161 Å². The molecule has 0 spiro atoms. The maximum Gasteiger partial charge on any atom is 0.297 e. The van der Waals surface area contributed by atoms with E-state index in [4.69, 9.17) is 13.7 Å². The summed E-state index contributed by atoms with van der Waals surface area (Å²) >= 11 is 0. The van der Waals surface area contributed by atoms with E-state index in [2.05, 4.69) is 0 Å². The Balaban J connectivity index is 1.91. The molecule has 0 bridgehead atoms. The zero-order valence-electron chi connectivity index (χ0n) is 16.0. The van der Waals surface area contributed by atoms with Crippen LogP contribution >= 0.6 is 0 Å². The standard InChI is InChI=1S/C21H26O5S/c1-15-11-13-16(14-12-15)27(22,23)26-19-9-5-4-7-17(19)18-8-6-10-20(24-2)21(18)25-3/h6,8,10-14,17,19H,4-5,7,9H2,1-3H3/t17-,19-/m0/s1. The molecule has 1 saturated carbocycles. The van der Waals surface area contributed by atoms with E-state index in [0.29, 0.717) is 17.9 Å². The molecule has 6 heteroatoms. The van der Waals surface area contributed by atoms with Crippen LogP contribution in [0.5, 0.6) is 11.5 Å². The topological polar surface area (TPSA) is 61.8 Å². The molecule has 3 rings (SSSR count). The summed E-state index contributed by atoms with van der Waals surface area (Å²) in [6.45, 7) is 1.92. The third kappa shape index (κ3) is 4.28. The SMILES string of the molecule is COc1cccc([C@@H]2CCCC[C@@H]2OS(=O)(=O)c2ccc(C)cc2)c1OC. The Morgan fingerprint density at radius 2 is 1.63 bits per heavy atom. The molecule has 0 radical (unpaired) electrons. The summed E-state index contributed by atoms with van der Waals surface area (Å²) in [5.74, 6) is 1.22.